The first-order valence-corrected chi connectivity index (χ1v) is 5.63. The van der Waals surface area contributed by atoms with Gasteiger partial charge in [0, 0.05) is 26.0 Å². The van der Waals surface area contributed by atoms with Gasteiger partial charge in [0.2, 0.25) is 0 Å². The highest BCUT2D eigenvalue weighted by molar-refractivity contribution is 7.84. The number of hydrogen-bond donors (Lipinski definition) is 4. The first kappa shape index (κ1) is 15.0. The first-order valence-electron chi connectivity index (χ1n) is 4.78. The van der Waals surface area contributed by atoms with E-state index in [1.54, 1.807) is 26.5 Å². The molecule has 0 saturated heterocycles. The summed E-state index contributed by atoms with van der Waals surface area (Å²) in [5.41, 5.74) is 1.81. The number of hydrogen-bond acceptors (Lipinski definition) is 5. The number of nitrogens with one attached hydrogen (secondary N) is 3. The Balaban J connectivity index is 4.47. The third-order valence-corrected chi connectivity index (χ3v) is 2.51. The Hall–Kier alpha value is -1.01. The summed E-state index contributed by atoms with van der Waals surface area (Å²) in [6.07, 6.45) is 3.37. The van der Waals surface area contributed by atoms with Crippen molar-refractivity contribution >= 4 is 36.0 Å². The molecule has 0 unspecified atom stereocenters. The summed E-state index contributed by atoms with van der Waals surface area (Å²) in [4.78, 5) is 4.82. The summed E-state index contributed by atoms with van der Waals surface area (Å²) in [6.45, 7) is 3.84. The van der Waals surface area contributed by atoms with Crippen LogP contribution in [-0.2, 0) is 0 Å². The van der Waals surface area contributed by atoms with Gasteiger partial charge in [-0.05, 0) is 13.8 Å². The molecule has 0 radical (unpaired) electrons. The number of nitrogens with zero attached hydrogens (tertiary/aromatic N) is 1. The van der Waals surface area contributed by atoms with E-state index >= 15 is 0 Å². The fourth-order valence-corrected chi connectivity index (χ4v) is 0.787. The van der Waals surface area contributed by atoms with Gasteiger partial charge in [0.25, 0.3) is 0 Å². The van der Waals surface area contributed by atoms with E-state index in [0.717, 1.165) is 16.4 Å². The number of allylic oxidation sites excluding steroid dienone is 2. The Labute approximate surface area is 108 Å². The fourth-order valence-electron chi connectivity index (χ4n) is 0.670. The van der Waals surface area contributed by atoms with Gasteiger partial charge in [0.15, 0.2) is 0 Å². The van der Waals surface area contributed by atoms with Crippen molar-refractivity contribution in [1.29, 1.82) is 0 Å². The standard InChI is InChI=1S/C10H18N4S2/c1-7(13-5-9(15)11-3)8(2)14-6-10(16)12-4/h5-6,11,13,15H,1-4H3,(H,12,16)/b8-7+,9-5-,14-6?. The van der Waals surface area contributed by atoms with Crippen LogP contribution in [0.4, 0.5) is 0 Å². The normalized spacial score (nSPS) is 13.4. The Bertz CT molecular complexity index is 332. The lowest BCUT2D eigenvalue weighted by Crippen LogP contribution is -2.16. The van der Waals surface area contributed by atoms with Crippen LogP contribution in [0.1, 0.15) is 13.8 Å². The third-order valence-electron chi connectivity index (χ3n) is 1.85. The van der Waals surface area contributed by atoms with E-state index in [-0.39, 0.29) is 0 Å². The summed E-state index contributed by atoms with van der Waals surface area (Å²) in [5, 5.41) is 9.54. The van der Waals surface area contributed by atoms with Gasteiger partial charge in [-0.1, -0.05) is 12.2 Å². The van der Waals surface area contributed by atoms with Crippen molar-refractivity contribution < 1.29 is 0 Å². The SMILES string of the molecule is CNC(=S)C=N/C(C)=C(\C)N/C=C(\S)NC. The number of rotatable bonds is 5. The quantitative estimate of drug-likeness (QED) is 0.342. The molecular formula is C10H18N4S2. The predicted molar refractivity (Wildman–Crippen MR) is 77.8 cm³/mol. The van der Waals surface area contributed by atoms with Gasteiger partial charge in [-0.25, -0.2) is 0 Å². The van der Waals surface area contributed by atoms with E-state index in [0.29, 0.717) is 4.99 Å². The molecule has 6 heteroatoms. The summed E-state index contributed by atoms with van der Waals surface area (Å²) < 4.78 is 0. The van der Waals surface area contributed by atoms with Crippen LogP contribution in [0.2, 0.25) is 0 Å². The highest BCUT2D eigenvalue weighted by Crippen LogP contribution is 2.01. The molecular weight excluding hydrogens is 240 g/mol. The van der Waals surface area contributed by atoms with Crippen LogP contribution in [-0.4, -0.2) is 25.3 Å². The van der Waals surface area contributed by atoms with Gasteiger partial charge in [0.1, 0.15) is 4.99 Å². The highest BCUT2D eigenvalue weighted by atomic mass is 32.1. The van der Waals surface area contributed by atoms with Crippen LogP contribution in [0.3, 0.4) is 0 Å². The lowest BCUT2D eigenvalue weighted by Gasteiger charge is -2.05. The maximum atomic E-state index is 4.95. The molecule has 0 amide bonds. The Morgan fingerprint density at radius 3 is 2.38 bits per heavy atom. The molecule has 90 valence electrons. The van der Waals surface area contributed by atoms with Gasteiger partial charge in [0.05, 0.1) is 16.9 Å². The molecule has 0 aliphatic carbocycles. The Morgan fingerprint density at radius 1 is 1.25 bits per heavy atom. The van der Waals surface area contributed by atoms with Crippen molar-refractivity contribution in [3.63, 3.8) is 0 Å². The van der Waals surface area contributed by atoms with E-state index < -0.39 is 0 Å². The Morgan fingerprint density at radius 2 is 1.88 bits per heavy atom. The van der Waals surface area contributed by atoms with Crippen molar-refractivity contribution in [2.45, 2.75) is 13.8 Å². The zero-order valence-electron chi connectivity index (χ0n) is 9.96. The molecule has 0 aliphatic rings. The van der Waals surface area contributed by atoms with Gasteiger partial charge in [-0.3, -0.25) is 4.99 Å². The molecule has 0 spiro atoms. The molecule has 4 nitrogen and oxygen atoms in total. The average molecular weight is 258 g/mol. The van der Waals surface area contributed by atoms with Gasteiger partial charge in [-0.15, -0.1) is 12.6 Å². The molecule has 0 atom stereocenters. The predicted octanol–water partition coefficient (Wildman–Crippen LogP) is 1.39. The summed E-state index contributed by atoms with van der Waals surface area (Å²) >= 11 is 9.12. The van der Waals surface area contributed by atoms with Crippen LogP contribution in [0.15, 0.2) is 27.6 Å². The van der Waals surface area contributed by atoms with E-state index in [9.17, 15) is 0 Å². The Kier molecular flexibility index (Phi) is 7.66. The second kappa shape index (κ2) is 8.18. The maximum Gasteiger partial charge on any atom is 0.117 e. The van der Waals surface area contributed by atoms with Crippen molar-refractivity contribution in [2.24, 2.45) is 4.99 Å². The third kappa shape index (κ3) is 6.47. The van der Waals surface area contributed by atoms with Crippen LogP contribution in [0, 0.1) is 0 Å². The van der Waals surface area contributed by atoms with Gasteiger partial charge in [-0.2, -0.15) is 0 Å². The van der Waals surface area contributed by atoms with Crippen molar-refractivity contribution in [1.82, 2.24) is 16.0 Å². The minimum absolute atomic E-state index is 0.604. The maximum absolute atomic E-state index is 4.95. The van der Waals surface area contributed by atoms with Crippen LogP contribution < -0.4 is 16.0 Å². The number of aliphatic imine (C=N–C) groups is 1. The molecule has 0 aliphatic heterocycles. The number of thiocarbonyl (C=S) groups is 1. The minimum atomic E-state index is 0.604. The molecule has 0 fully saturated rings. The first-order chi connectivity index (χ1) is 7.51. The molecule has 0 rings (SSSR count). The van der Waals surface area contributed by atoms with Crippen LogP contribution in [0.5, 0.6) is 0 Å². The van der Waals surface area contributed by atoms with E-state index in [2.05, 4.69) is 33.6 Å². The summed E-state index contributed by atoms with van der Waals surface area (Å²) in [7, 11) is 3.57. The van der Waals surface area contributed by atoms with E-state index in [1.807, 2.05) is 13.8 Å². The van der Waals surface area contributed by atoms with Crippen LogP contribution >= 0.6 is 24.8 Å². The molecule has 0 aromatic heterocycles. The minimum Gasteiger partial charge on any atom is -0.382 e. The molecule has 0 heterocycles. The van der Waals surface area contributed by atoms with E-state index in [1.165, 1.54) is 0 Å². The second-order valence-electron chi connectivity index (χ2n) is 3.01. The van der Waals surface area contributed by atoms with E-state index in [4.69, 9.17) is 12.2 Å². The molecule has 0 saturated carbocycles. The summed E-state index contributed by atoms with van der Waals surface area (Å²) in [6, 6.07) is 0. The number of thiol groups is 1. The molecule has 0 bridgehead atoms. The smallest absolute Gasteiger partial charge is 0.117 e. The zero-order valence-corrected chi connectivity index (χ0v) is 11.7. The van der Waals surface area contributed by atoms with Crippen molar-refractivity contribution in [3.05, 3.63) is 22.6 Å². The molecule has 3 N–H and O–H groups in total. The van der Waals surface area contributed by atoms with Crippen molar-refractivity contribution in [2.75, 3.05) is 14.1 Å². The summed E-state index contributed by atoms with van der Waals surface area (Å²) in [5.74, 6) is 0. The highest BCUT2D eigenvalue weighted by Gasteiger charge is 1.93. The van der Waals surface area contributed by atoms with Crippen LogP contribution in [0.25, 0.3) is 0 Å². The topological polar surface area (TPSA) is 48.5 Å². The molecule has 0 aromatic rings. The molecule has 0 aromatic carbocycles. The van der Waals surface area contributed by atoms with Gasteiger partial charge >= 0.3 is 0 Å². The average Bonchev–Trinajstić information content (AvgIpc) is 2.31. The fraction of sp³-hybridized carbons (Fsp3) is 0.400. The van der Waals surface area contributed by atoms with Gasteiger partial charge < -0.3 is 16.0 Å². The lowest BCUT2D eigenvalue weighted by molar-refractivity contribution is 0.970. The largest absolute Gasteiger partial charge is 0.382 e. The zero-order chi connectivity index (χ0) is 12.6. The molecule has 16 heavy (non-hydrogen) atoms. The second-order valence-corrected chi connectivity index (χ2v) is 3.93. The van der Waals surface area contributed by atoms with Crippen molar-refractivity contribution in [3.8, 4) is 0 Å². The monoisotopic (exact) mass is 258 g/mol. The lowest BCUT2D eigenvalue weighted by atomic mass is 10.4.